The predicted molar refractivity (Wildman–Crippen MR) is 171 cm³/mol. The molecule has 0 saturated heterocycles. The molecule has 17 heteroatoms. The van der Waals surface area contributed by atoms with Gasteiger partial charge in [0.05, 0.1) is 5.54 Å². The van der Waals surface area contributed by atoms with E-state index in [1.54, 1.807) is 12.1 Å². The van der Waals surface area contributed by atoms with Crippen LogP contribution in [-0.4, -0.2) is 69.0 Å². The Bertz CT molecular complexity index is 1680. The number of carbonyl (C=O) groups excluding carboxylic acids is 3. The first kappa shape index (κ1) is 35.3. The topological polar surface area (TPSA) is 185 Å². The van der Waals surface area contributed by atoms with Crippen LogP contribution in [0.1, 0.15) is 60.9 Å². The lowest BCUT2D eigenvalue weighted by atomic mass is 10.1. The molecule has 2 fully saturated rings. The van der Waals surface area contributed by atoms with Crippen LogP contribution in [0.25, 0.3) is 0 Å². The van der Waals surface area contributed by atoms with Crippen LogP contribution >= 0.6 is 11.6 Å². The van der Waals surface area contributed by atoms with Crippen molar-refractivity contribution in [3.63, 3.8) is 0 Å². The number of benzene rings is 2. The zero-order valence-electron chi connectivity index (χ0n) is 26.0. The number of ether oxygens (including phenoxy) is 1. The van der Waals surface area contributed by atoms with Crippen LogP contribution in [0.4, 0.5) is 30.8 Å². The molecule has 1 atom stereocenters. The quantitative estimate of drug-likeness (QED) is 0.122. The number of nitrogens with one attached hydrogen (secondary N) is 4. The number of rotatable bonds is 17. The smallest absolute Gasteiger partial charge is 0.422 e. The molecule has 1 aromatic heterocycles. The zero-order chi connectivity index (χ0) is 35.2. The van der Waals surface area contributed by atoms with Crippen LogP contribution < -0.4 is 26.0 Å². The number of halogens is 4. The number of aliphatic carboxylic acids is 1. The summed E-state index contributed by atoms with van der Waals surface area (Å²) in [5, 5.41) is 20.9. The average Bonchev–Trinajstić information content (AvgIpc) is 4.00. The van der Waals surface area contributed by atoms with Gasteiger partial charge in [0.2, 0.25) is 17.7 Å². The number of alkyl halides is 3. The molecule has 5 N–H and O–H groups in total. The second kappa shape index (κ2) is 15.1. The molecule has 2 aromatic carbocycles. The normalized spacial score (nSPS) is 15.4. The minimum Gasteiger partial charge on any atom is -0.480 e. The third-order valence-corrected chi connectivity index (χ3v) is 8.18. The van der Waals surface area contributed by atoms with Crippen LogP contribution in [0.5, 0.6) is 6.01 Å². The Kier molecular flexibility index (Phi) is 10.9. The van der Waals surface area contributed by atoms with Crippen LogP contribution in [0, 0.1) is 5.92 Å². The standard InChI is InChI=1S/C32H33ClF3N7O6/c33-21-8-6-20(7-9-21)31(14-15-31)43-29-40-28(41-30(42-29)49-17-32(34,35)36)38-22-10-4-19(5-11-22)25(45)39-23(27(47)48)13-16-37-26(46)24(44)12-3-18-1-2-18/h4-11,18,23H,1-3,12-17H2,(H,37,46)(H,39,45)(H,47,48)(H2,38,40,41,42,43)/t23-/m0/s1. The molecule has 2 aliphatic carbocycles. The first-order valence-electron chi connectivity index (χ1n) is 15.5. The van der Waals surface area contributed by atoms with E-state index in [-0.39, 0.29) is 36.8 Å². The first-order valence-corrected chi connectivity index (χ1v) is 15.9. The molecule has 2 saturated carbocycles. The van der Waals surface area contributed by atoms with Gasteiger partial charge in [-0.05, 0) is 73.6 Å². The Labute approximate surface area is 283 Å². The third-order valence-electron chi connectivity index (χ3n) is 7.93. The average molecular weight is 704 g/mol. The van der Waals surface area contributed by atoms with Gasteiger partial charge in [-0.1, -0.05) is 36.6 Å². The summed E-state index contributed by atoms with van der Waals surface area (Å²) in [6.07, 6.45) is -0.448. The maximum absolute atomic E-state index is 12.9. The summed E-state index contributed by atoms with van der Waals surface area (Å²) >= 11 is 6.01. The fourth-order valence-electron chi connectivity index (χ4n) is 4.89. The van der Waals surface area contributed by atoms with Gasteiger partial charge in [-0.3, -0.25) is 14.4 Å². The van der Waals surface area contributed by atoms with Gasteiger partial charge in [0, 0.05) is 29.2 Å². The van der Waals surface area contributed by atoms with Gasteiger partial charge >= 0.3 is 18.2 Å². The maximum atomic E-state index is 12.9. The van der Waals surface area contributed by atoms with Gasteiger partial charge < -0.3 is 31.1 Å². The van der Waals surface area contributed by atoms with Gasteiger partial charge in [0.25, 0.3) is 11.8 Å². The Morgan fingerprint density at radius 3 is 2.27 bits per heavy atom. The number of amides is 2. The molecule has 0 spiro atoms. The van der Waals surface area contributed by atoms with Crippen LogP contribution in [0.15, 0.2) is 48.5 Å². The molecule has 0 unspecified atom stereocenters. The molecule has 2 amide bonds. The number of ketones is 1. The summed E-state index contributed by atoms with van der Waals surface area (Å²) in [4.78, 5) is 60.8. The number of anilines is 3. The lowest BCUT2D eigenvalue weighted by Crippen LogP contribution is -2.43. The number of hydrogen-bond acceptors (Lipinski definition) is 10. The van der Waals surface area contributed by atoms with Crippen LogP contribution in [0.3, 0.4) is 0 Å². The van der Waals surface area contributed by atoms with E-state index in [0.29, 0.717) is 35.9 Å². The van der Waals surface area contributed by atoms with E-state index >= 15 is 0 Å². The minimum absolute atomic E-state index is 0.0309. The monoisotopic (exact) mass is 703 g/mol. The van der Waals surface area contributed by atoms with E-state index in [4.69, 9.17) is 16.3 Å². The number of carboxylic acid groups (broad SMARTS) is 1. The van der Waals surface area contributed by atoms with Gasteiger partial charge in [0.1, 0.15) is 6.04 Å². The molecular weight excluding hydrogens is 671 g/mol. The van der Waals surface area contributed by atoms with Gasteiger partial charge in [0.15, 0.2) is 6.61 Å². The van der Waals surface area contributed by atoms with E-state index in [1.165, 1.54) is 24.3 Å². The van der Waals surface area contributed by atoms with Crippen molar-refractivity contribution < 1.29 is 42.2 Å². The van der Waals surface area contributed by atoms with Crippen molar-refractivity contribution in [1.29, 1.82) is 0 Å². The van der Waals surface area contributed by atoms with Crippen molar-refractivity contribution in [2.45, 2.75) is 62.7 Å². The van der Waals surface area contributed by atoms with E-state index in [9.17, 15) is 37.5 Å². The number of Topliss-reactive ketones (excluding diaryl/α,β-unsaturated/α-hetero) is 1. The Morgan fingerprint density at radius 1 is 0.980 bits per heavy atom. The van der Waals surface area contributed by atoms with E-state index in [1.807, 2.05) is 12.1 Å². The predicted octanol–water partition coefficient (Wildman–Crippen LogP) is 4.76. The lowest BCUT2D eigenvalue weighted by molar-refractivity contribution is -0.154. The largest absolute Gasteiger partial charge is 0.480 e. The summed E-state index contributed by atoms with van der Waals surface area (Å²) in [6, 6.07) is 10.9. The van der Waals surface area contributed by atoms with Gasteiger partial charge in [-0.15, -0.1) is 0 Å². The van der Waals surface area contributed by atoms with Crippen LogP contribution in [0.2, 0.25) is 5.02 Å². The molecule has 13 nitrogen and oxygen atoms in total. The van der Waals surface area contributed by atoms with Gasteiger partial charge in [-0.25, -0.2) is 4.79 Å². The van der Waals surface area contributed by atoms with Gasteiger partial charge in [-0.2, -0.15) is 28.1 Å². The summed E-state index contributed by atoms with van der Waals surface area (Å²) in [6.45, 7) is -1.75. The number of hydrogen-bond donors (Lipinski definition) is 5. The molecule has 1 heterocycles. The molecule has 0 radical (unpaired) electrons. The highest BCUT2D eigenvalue weighted by molar-refractivity contribution is 6.36. The van der Waals surface area contributed by atoms with Crippen LogP contribution in [-0.2, 0) is 19.9 Å². The summed E-state index contributed by atoms with van der Waals surface area (Å²) in [5.74, 6) is -3.06. The third kappa shape index (κ3) is 10.5. The van der Waals surface area contributed by atoms with E-state index < -0.39 is 53.9 Å². The fraction of sp³-hybridized carbons (Fsp3) is 0.406. The summed E-state index contributed by atoms with van der Waals surface area (Å²) in [7, 11) is 0. The molecule has 3 aromatic rings. The van der Waals surface area contributed by atoms with Crippen molar-refractivity contribution in [1.82, 2.24) is 25.6 Å². The lowest BCUT2D eigenvalue weighted by Gasteiger charge is -2.19. The molecule has 2 aliphatic rings. The Hall–Kier alpha value is -4.99. The number of carboxylic acids is 1. The molecule has 260 valence electrons. The summed E-state index contributed by atoms with van der Waals surface area (Å²) < 4.78 is 43.5. The van der Waals surface area contributed by atoms with Crippen molar-refractivity contribution >= 4 is 52.8 Å². The highest BCUT2D eigenvalue weighted by atomic mass is 35.5. The van der Waals surface area contributed by atoms with Crippen molar-refractivity contribution in [2.24, 2.45) is 5.92 Å². The Morgan fingerprint density at radius 2 is 1.65 bits per heavy atom. The number of nitrogens with zero attached hydrogens (tertiary/aromatic N) is 3. The zero-order valence-corrected chi connectivity index (χ0v) is 26.7. The minimum atomic E-state index is -4.63. The van der Waals surface area contributed by atoms with Crippen molar-refractivity contribution in [3.8, 4) is 6.01 Å². The fourth-order valence-corrected chi connectivity index (χ4v) is 5.02. The summed E-state index contributed by atoms with van der Waals surface area (Å²) in [5.41, 5.74) is 0.786. The molecule has 0 bridgehead atoms. The molecule has 49 heavy (non-hydrogen) atoms. The molecule has 0 aliphatic heterocycles. The maximum Gasteiger partial charge on any atom is 0.422 e. The highest BCUT2D eigenvalue weighted by Crippen LogP contribution is 2.48. The SMILES string of the molecule is O=C(CCC1CC1)C(=O)NCC[C@H](NC(=O)c1ccc(Nc2nc(NC3(c4ccc(Cl)cc4)CC3)nc(OCC(F)(F)F)n2)cc1)C(=O)O. The van der Waals surface area contributed by atoms with E-state index in [2.05, 4.69) is 36.2 Å². The second-order valence-electron chi connectivity index (χ2n) is 11.9. The van der Waals surface area contributed by atoms with E-state index in [0.717, 1.165) is 18.4 Å². The number of carbonyl (C=O) groups is 4. The number of aromatic nitrogens is 3. The van der Waals surface area contributed by atoms with Crippen molar-refractivity contribution in [3.05, 3.63) is 64.7 Å². The Balaban J connectivity index is 1.20. The highest BCUT2D eigenvalue weighted by Gasteiger charge is 2.45. The first-order chi connectivity index (χ1) is 23.3. The molecule has 5 rings (SSSR count). The van der Waals surface area contributed by atoms with Crippen molar-refractivity contribution in [2.75, 3.05) is 23.8 Å². The second-order valence-corrected chi connectivity index (χ2v) is 12.3. The molecular formula is C32H33ClF3N7O6.